The smallest absolute Gasteiger partial charge is 0.142 e. The maximum atomic E-state index is 13.3. The van der Waals surface area contributed by atoms with Crippen LogP contribution in [0.4, 0.5) is 4.39 Å². The fourth-order valence-corrected chi connectivity index (χ4v) is 1.77. The van der Waals surface area contributed by atoms with Crippen molar-refractivity contribution in [2.75, 3.05) is 6.54 Å². The Morgan fingerprint density at radius 1 is 1.50 bits per heavy atom. The van der Waals surface area contributed by atoms with E-state index in [0.29, 0.717) is 25.6 Å². The van der Waals surface area contributed by atoms with Gasteiger partial charge in [-0.25, -0.2) is 4.39 Å². The van der Waals surface area contributed by atoms with Crippen LogP contribution in [-0.4, -0.2) is 23.3 Å². The summed E-state index contributed by atoms with van der Waals surface area (Å²) >= 11 is 5.65. The van der Waals surface area contributed by atoms with Gasteiger partial charge in [0.1, 0.15) is 5.82 Å². The summed E-state index contributed by atoms with van der Waals surface area (Å²) in [5.74, 6) is -0.229. The first kappa shape index (κ1) is 14.9. The third-order valence-corrected chi connectivity index (χ3v) is 3.07. The van der Waals surface area contributed by atoms with Crippen molar-refractivity contribution in [3.63, 3.8) is 0 Å². The Bertz CT molecular complexity index is 421. The molecule has 100 valence electrons. The summed E-state index contributed by atoms with van der Waals surface area (Å²) in [5.41, 5.74) is 6.23. The summed E-state index contributed by atoms with van der Waals surface area (Å²) in [5, 5.41) is 7.38. The first-order valence-corrected chi connectivity index (χ1v) is 6.29. The van der Waals surface area contributed by atoms with Gasteiger partial charge < -0.3 is 5.73 Å². The summed E-state index contributed by atoms with van der Waals surface area (Å²) < 4.78 is 13.3. The minimum Gasteiger partial charge on any atom is -0.388 e. The van der Waals surface area contributed by atoms with Gasteiger partial charge in [0.25, 0.3) is 0 Å². The molecule has 0 amide bonds. The lowest BCUT2D eigenvalue weighted by atomic mass is 10.1. The molecule has 18 heavy (non-hydrogen) atoms. The average molecular weight is 272 g/mol. The molecule has 5 heteroatoms. The van der Waals surface area contributed by atoms with Gasteiger partial charge in [-0.2, -0.15) is 0 Å². The summed E-state index contributed by atoms with van der Waals surface area (Å²) in [6, 6.07) is 5.14. The quantitative estimate of drug-likeness (QED) is 0.617. The summed E-state index contributed by atoms with van der Waals surface area (Å²) in [4.78, 5) is 2.14. The minimum atomic E-state index is -0.399. The third-order valence-electron chi connectivity index (χ3n) is 2.77. The zero-order chi connectivity index (χ0) is 13.7. The SMILES string of the molecule is CC(C)N(CCC(=N)N)Cc1ccc(Cl)c(F)c1. The van der Waals surface area contributed by atoms with E-state index < -0.39 is 5.82 Å². The predicted octanol–water partition coefficient (Wildman–Crippen LogP) is 3.02. The molecule has 0 aliphatic heterocycles. The van der Waals surface area contributed by atoms with Crippen LogP contribution in [0.5, 0.6) is 0 Å². The summed E-state index contributed by atoms with van der Waals surface area (Å²) in [6.07, 6.45) is 0.522. The highest BCUT2D eigenvalue weighted by Gasteiger charge is 2.11. The molecule has 1 rings (SSSR count). The lowest BCUT2D eigenvalue weighted by molar-refractivity contribution is 0.218. The van der Waals surface area contributed by atoms with E-state index in [2.05, 4.69) is 18.7 Å². The molecule has 0 spiro atoms. The fourth-order valence-electron chi connectivity index (χ4n) is 1.66. The topological polar surface area (TPSA) is 53.1 Å². The Morgan fingerprint density at radius 3 is 2.67 bits per heavy atom. The maximum Gasteiger partial charge on any atom is 0.142 e. The molecular formula is C13H19ClFN3. The Hall–Kier alpha value is -1.13. The van der Waals surface area contributed by atoms with Gasteiger partial charge >= 0.3 is 0 Å². The largest absolute Gasteiger partial charge is 0.388 e. The zero-order valence-electron chi connectivity index (χ0n) is 10.7. The van der Waals surface area contributed by atoms with Crippen molar-refractivity contribution < 1.29 is 4.39 Å². The van der Waals surface area contributed by atoms with Crippen molar-refractivity contribution in [3.8, 4) is 0 Å². The molecule has 1 aromatic carbocycles. The second-order valence-corrected chi connectivity index (χ2v) is 5.00. The van der Waals surface area contributed by atoms with E-state index in [1.807, 2.05) is 6.07 Å². The van der Waals surface area contributed by atoms with Crippen LogP contribution >= 0.6 is 11.6 Å². The number of benzene rings is 1. The van der Waals surface area contributed by atoms with Crippen molar-refractivity contribution in [2.24, 2.45) is 5.73 Å². The predicted molar refractivity (Wildman–Crippen MR) is 73.5 cm³/mol. The molecule has 0 aliphatic carbocycles. The van der Waals surface area contributed by atoms with Gasteiger partial charge in [0.05, 0.1) is 10.9 Å². The van der Waals surface area contributed by atoms with E-state index in [-0.39, 0.29) is 10.9 Å². The van der Waals surface area contributed by atoms with Crippen LogP contribution < -0.4 is 5.73 Å². The van der Waals surface area contributed by atoms with Crippen LogP contribution in [-0.2, 0) is 6.54 Å². The molecular weight excluding hydrogens is 253 g/mol. The number of halogens is 2. The molecule has 0 fully saturated rings. The van der Waals surface area contributed by atoms with Crippen LogP contribution in [0, 0.1) is 11.2 Å². The Labute approximate surface area is 112 Å². The highest BCUT2D eigenvalue weighted by atomic mass is 35.5. The van der Waals surface area contributed by atoms with E-state index in [1.54, 1.807) is 6.07 Å². The molecule has 3 nitrogen and oxygen atoms in total. The second-order valence-electron chi connectivity index (χ2n) is 4.59. The molecule has 0 aliphatic rings. The number of nitrogens with one attached hydrogen (secondary N) is 1. The first-order chi connectivity index (χ1) is 8.40. The van der Waals surface area contributed by atoms with Gasteiger partial charge in [-0.3, -0.25) is 10.3 Å². The summed E-state index contributed by atoms with van der Waals surface area (Å²) in [7, 11) is 0. The van der Waals surface area contributed by atoms with Gasteiger partial charge in [-0.05, 0) is 31.5 Å². The normalized spacial score (nSPS) is 11.2. The maximum absolute atomic E-state index is 13.3. The monoisotopic (exact) mass is 271 g/mol. The van der Waals surface area contributed by atoms with Gasteiger partial charge in [-0.1, -0.05) is 17.7 Å². The summed E-state index contributed by atoms with van der Waals surface area (Å²) in [6.45, 7) is 5.44. The van der Waals surface area contributed by atoms with Crippen molar-refractivity contribution in [2.45, 2.75) is 32.9 Å². The number of hydrogen-bond acceptors (Lipinski definition) is 2. The second kappa shape index (κ2) is 6.71. The van der Waals surface area contributed by atoms with Crippen LogP contribution in [0.2, 0.25) is 5.02 Å². The minimum absolute atomic E-state index is 0.138. The highest BCUT2D eigenvalue weighted by Crippen LogP contribution is 2.17. The third kappa shape index (κ3) is 4.63. The standard InChI is InChI=1S/C13H19ClFN3/c1-9(2)18(6-5-13(16)17)8-10-3-4-11(14)12(15)7-10/h3-4,7,9H,5-6,8H2,1-2H3,(H3,16,17). The van der Waals surface area contributed by atoms with E-state index in [0.717, 1.165) is 5.56 Å². The average Bonchev–Trinajstić information content (AvgIpc) is 2.28. The Morgan fingerprint density at radius 2 is 2.17 bits per heavy atom. The van der Waals surface area contributed by atoms with Gasteiger partial charge in [0.15, 0.2) is 0 Å². The van der Waals surface area contributed by atoms with Crippen LogP contribution in [0.25, 0.3) is 0 Å². The van der Waals surface area contributed by atoms with Crippen molar-refractivity contribution in [1.29, 1.82) is 5.41 Å². The number of amidine groups is 1. The molecule has 1 aromatic rings. The number of hydrogen-bond donors (Lipinski definition) is 2. The fraction of sp³-hybridized carbons (Fsp3) is 0.462. The zero-order valence-corrected chi connectivity index (χ0v) is 11.5. The van der Waals surface area contributed by atoms with E-state index in [4.69, 9.17) is 22.7 Å². The van der Waals surface area contributed by atoms with E-state index >= 15 is 0 Å². The lowest BCUT2D eigenvalue weighted by Gasteiger charge is -2.26. The molecule has 0 saturated carbocycles. The van der Waals surface area contributed by atoms with Crippen molar-refractivity contribution >= 4 is 17.4 Å². The van der Waals surface area contributed by atoms with Crippen LogP contribution in [0.15, 0.2) is 18.2 Å². The molecule has 3 N–H and O–H groups in total. The number of nitrogens with zero attached hydrogens (tertiary/aromatic N) is 1. The molecule has 0 heterocycles. The van der Waals surface area contributed by atoms with Gasteiger partial charge in [0, 0.05) is 25.6 Å². The van der Waals surface area contributed by atoms with Crippen LogP contribution in [0.3, 0.4) is 0 Å². The van der Waals surface area contributed by atoms with Gasteiger partial charge in [-0.15, -0.1) is 0 Å². The Kier molecular flexibility index (Phi) is 5.56. The van der Waals surface area contributed by atoms with Crippen molar-refractivity contribution in [3.05, 3.63) is 34.6 Å². The van der Waals surface area contributed by atoms with E-state index in [1.165, 1.54) is 6.07 Å². The molecule has 0 atom stereocenters. The number of nitrogens with two attached hydrogens (primary N) is 1. The number of rotatable bonds is 6. The molecule has 0 aromatic heterocycles. The van der Waals surface area contributed by atoms with E-state index in [9.17, 15) is 4.39 Å². The molecule has 0 unspecified atom stereocenters. The first-order valence-electron chi connectivity index (χ1n) is 5.91. The van der Waals surface area contributed by atoms with Gasteiger partial charge in [0.2, 0.25) is 0 Å². The highest BCUT2D eigenvalue weighted by molar-refractivity contribution is 6.30. The lowest BCUT2D eigenvalue weighted by Crippen LogP contribution is -2.33. The molecule has 0 bridgehead atoms. The van der Waals surface area contributed by atoms with Crippen molar-refractivity contribution in [1.82, 2.24) is 4.90 Å². The molecule has 0 saturated heterocycles. The Balaban J connectivity index is 2.70. The molecule has 0 radical (unpaired) electrons. The van der Waals surface area contributed by atoms with Crippen LogP contribution in [0.1, 0.15) is 25.8 Å².